The van der Waals surface area contributed by atoms with Crippen molar-refractivity contribution in [3.05, 3.63) is 29.8 Å². The molecule has 0 bridgehead atoms. The predicted molar refractivity (Wildman–Crippen MR) is 96.7 cm³/mol. The van der Waals surface area contributed by atoms with Gasteiger partial charge in [-0.25, -0.2) is 0 Å². The number of para-hydroxylation sites is 1. The van der Waals surface area contributed by atoms with Crippen LogP contribution in [0.3, 0.4) is 0 Å². The largest absolute Gasteiger partial charge is 0.351 e. The number of carbonyl (C=O) groups is 2. The van der Waals surface area contributed by atoms with E-state index >= 15 is 0 Å². The van der Waals surface area contributed by atoms with E-state index in [2.05, 4.69) is 5.32 Å². The molecule has 1 unspecified atom stereocenters. The van der Waals surface area contributed by atoms with Crippen LogP contribution in [-0.4, -0.2) is 34.0 Å². The quantitative estimate of drug-likeness (QED) is 0.900. The zero-order chi connectivity index (χ0) is 17.4. The lowest BCUT2D eigenvalue weighted by Gasteiger charge is -2.37. The van der Waals surface area contributed by atoms with Crippen LogP contribution in [0.15, 0.2) is 29.3 Å². The second-order valence-corrected chi connectivity index (χ2v) is 7.47. The van der Waals surface area contributed by atoms with E-state index in [0.29, 0.717) is 19.4 Å². The molecule has 1 N–H and O–H groups in total. The van der Waals surface area contributed by atoms with E-state index in [1.807, 2.05) is 31.2 Å². The second kappa shape index (κ2) is 6.28. The van der Waals surface area contributed by atoms with Gasteiger partial charge >= 0.3 is 0 Å². The number of amides is 2. The van der Waals surface area contributed by atoms with E-state index in [9.17, 15) is 9.59 Å². The molecule has 0 spiro atoms. The third-order valence-electron chi connectivity index (χ3n) is 5.99. The third-order valence-corrected chi connectivity index (χ3v) is 5.99. The molecule has 1 saturated carbocycles. The van der Waals surface area contributed by atoms with Gasteiger partial charge in [0.1, 0.15) is 0 Å². The first-order chi connectivity index (χ1) is 12.1. The molecule has 0 aromatic heterocycles. The molecular weight excluding hydrogens is 314 g/mol. The molecule has 1 aliphatic carbocycles. The number of carbonyl (C=O) groups excluding carboxylic acids is 2. The van der Waals surface area contributed by atoms with Gasteiger partial charge in [-0.3, -0.25) is 14.6 Å². The van der Waals surface area contributed by atoms with Crippen LogP contribution in [0, 0.1) is 0 Å². The van der Waals surface area contributed by atoms with Gasteiger partial charge in [0.2, 0.25) is 5.91 Å². The van der Waals surface area contributed by atoms with Crippen molar-refractivity contribution in [2.75, 3.05) is 0 Å². The number of nitrogens with zero attached hydrogens (tertiary/aromatic N) is 2. The summed E-state index contributed by atoms with van der Waals surface area (Å²) in [7, 11) is 0. The Morgan fingerprint density at radius 3 is 2.80 bits per heavy atom. The molecule has 2 fully saturated rings. The van der Waals surface area contributed by atoms with Gasteiger partial charge in [0.05, 0.1) is 11.4 Å². The molecule has 4 rings (SSSR count). The Bertz CT molecular complexity index is 736. The highest BCUT2D eigenvalue weighted by Crippen LogP contribution is 2.39. The SMILES string of the molecule is CC1=Nc2ccccc2CN2C(=O)CCC12C(=O)NC1CCCCC1. The molecule has 1 atom stereocenters. The summed E-state index contributed by atoms with van der Waals surface area (Å²) in [5, 5.41) is 3.24. The van der Waals surface area contributed by atoms with Crippen molar-refractivity contribution in [1.29, 1.82) is 0 Å². The van der Waals surface area contributed by atoms with Crippen molar-refractivity contribution in [2.24, 2.45) is 4.99 Å². The molecule has 3 aliphatic rings. The van der Waals surface area contributed by atoms with Crippen LogP contribution in [0.4, 0.5) is 5.69 Å². The molecule has 1 saturated heterocycles. The zero-order valence-corrected chi connectivity index (χ0v) is 14.8. The Morgan fingerprint density at radius 2 is 2.00 bits per heavy atom. The van der Waals surface area contributed by atoms with Gasteiger partial charge in [0.25, 0.3) is 5.91 Å². The molecule has 0 radical (unpaired) electrons. The van der Waals surface area contributed by atoms with E-state index in [-0.39, 0.29) is 17.9 Å². The minimum absolute atomic E-state index is 0.0423. The summed E-state index contributed by atoms with van der Waals surface area (Å²) < 4.78 is 0. The first kappa shape index (κ1) is 16.3. The van der Waals surface area contributed by atoms with Gasteiger partial charge < -0.3 is 10.2 Å². The predicted octanol–water partition coefficient (Wildman–Crippen LogP) is 3.10. The fourth-order valence-electron chi connectivity index (χ4n) is 4.52. The highest BCUT2D eigenvalue weighted by molar-refractivity contribution is 6.17. The van der Waals surface area contributed by atoms with Gasteiger partial charge in [-0.15, -0.1) is 0 Å². The first-order valence-electron chi connectivity index (χ1n) is 9.36. The lowest BCUT2D eigenvalue weighted by Crippen LogP contribution is -2.61. The lowest BCUT2D eigenvalue weighted by molar-refractivity contribution is -0.139. The third kappa shape index (κ3) is 2.66. The fourth-order valence-corrected chi connectivity index (χ4v) is 4.52. The minimum Gasteiger partial charge on any atom is -0.351 e. The molecule has 1 aromatic carbocycles. The van der Waals surface area contributed by atoms with Crippen molar-refractivity contribution in [3.63, 3.8) is 0 Å². The molecular formula is C20H25N3O2. The summed E-state index contributed by atoms with van der Waals surface area (Å²) in [6.45, 7) is 2.35. The van der Waals surface area contributed by atoms with E-state index in [1.54, 1.807) is 4.90 Å². The Labute approximate surface area is 148 Å². The Hall–Kier alpha value is -2.17. The first-order valence-corrected chi connectivity index (χ1v) is 9.36. The average Bonchev–Trinajstić information content (AvgIpc) is 2.88. The zero-order valence-electron chi connectivity index (χ0n) is 14.8. The van der Waals surface area contributed by atoms with Crippen LogP contribution < -0.4 is 5.32 Å². The Kier molecular flexibility index (Phi) is 4.10. The highest BCUT2D eigenvalue weighted by Gasteiger charge is 2.54. The van der Waals surface area contributed by atoms with E-state index in [4.69, 9.17) is 4.99 Å². The van der Waals surface area contributed by atoms with Crippen LogP contribution in [0.2, 0.25) is 0 Å². The molecule has 2 aliphatic heterocycles. The Morgan fingerprint density at radius 1 is 1.24 bits per heavy atom. The van der Waals surface area contributed by atoms with E-state index < -0.39 is 5.54 Å². The van der Waals surface area contributed by atoms with Crippen molar-refractivity contribution in [1.82, 2.24) is 10.2 Å². The number of fused-ring (bicyclic) bond motifs is 2. The molecule has 2 amide bonds. The summed E-state index contributed by atoms with van der Waals surface area (Å²) in [5.74, 6) is 0.00403. The summed E-state index contributed by atoms with van der Waals surface area (Å²) in [5.41, 5.74) is 1.68. The molecule has 25 heavy (non-hydrogen) atoms. The van der Waals surface area contributed by atoms with Crippen LogP contribution >= 0.6 is 0 Å². The van der Waals surface area contributed by atoms with Crippen LogP contribution in [0.25, 0.3) is 0 Å². The van der Waals surface area contributed by atoms with Crippen LogP contribution in [-0.2, 0) is 16.1 Å². The minimum atomic E-state index is -0.923. The molecule has 2 heterocycles. The fraction of sp³-hybridized carbons (Fsp3) is 0.550. The van der Waals surface area contributed by atoms with E-state index in [1.165, 1.54) is 19.3 Å². The maximum absolute atomic E-state index is 13.3. The number of rotatable bonds is 2. The highest BCUT2D eigenvalue weighted by atomic mass is 16.2. The monoisotopic (exact) mass is 339 g/mol. The van der Waals surface area contributed by atoms with Gasteiger partial charge in [-0.05, 0) is 37.8 Å². The summed E-state index contributed by atoms with van der Waals surface area (Å²) >= 11 is 0. The van der Waals surface area contributed by atoms with Gasteiger partial charge in [0, 0.05) is 19.0 Å². The lowest BCUT2D eigenvalue weighted by atomic mass is 9.88. The standard InChI is InChI=1S/C20H25N3O2/c1-14-20(19(25)22-16-8-3-2-4-9-16)12-11-18(24)23(20)13-15-7-5-6-10-17(15)21-14/h5-7,10,16H,2-4,8-9,11-13H2,1H3,(H,22,25). The number of benzene rings is 1. The van der Waals surface area contributed by atoms with Crippen LogP contribution in [0.5, 0.6) is 0 Å². The van der Waals surface area contributed by atoms with Crippen molar-refractivity contribution >= 4 is 23.2 Å². The molecule has 132 valence electrons. The summed E-state index contributed by atoms with van der Waals surface area (Å²) in [4.78, 5) is 32.5. The number of aliphatic imine (C=N–C) groups is 1. The maximum atomic E-state index is 13.3. The van der Waals surface area contributed by atoms with Crippen LogP contribution in [0.1, 0.15) is 57.4 Å². The normalized spacial score (nSPS) is 26.5. The second-order valence-electron chi connectivity index (χ2n) is 7.47. The van der Waals surface area contributed by atoms with Crippen molar-refractivity contribution in [2.45, 2.75) is 70.0 Å². The van der Waals surface area contributed by atoms with E-state index in [0.717, 1.165) is 29.8 Å². The smallest absolute Gasteiger partial charge is 0.252 e. The van der Waals surface area contributed by atoms with Gasteiger partial charge in [-0.2, -0.15) is 0 Å². The van der Waals surface area contributed by atoms with Gasteiger partial charge in [0.15, 0.2) is 5.54 Å². The Balaban J connectivity index is 1.70. The average molecular weight is 339 g/mol. The number of nitrogens with one attached hydrogen (secondary N) is 1. The summed E-state index contributed by atoms with van der Waals surface area (Å²) in [6.07, 6.45) is 6.58. The molecule has 5 heteroatoms. The van der Waals surface area contributed by atoms with Crippen molar-refractivity contribution < 1.29 is 9.59 Å². The molecule has 5 nitrogen and oxygen atoms in total. The number of hydrogen-bond donors (Lipinski definition) is 1. The number of hydrogen-bond acceptors (Lipinski definition) is 3. The molecule has 1 aromatic rings. The van der Waals surface area contributed by atoms with Crippen molar-refractivity contribution in [3.8, 4) is 0 Å². The van der Waals surface area contributed by atoms with Gasteiger partial charge in [-0.1, -0.05) is 37.5 Å². The topological polar surface area (TPSA) is 61.8 Å². The maximum Gasteiger partial charge on any atom is 0.252 e. The summed E-state index contributed by atoms with van der Waals surface area (Å²) in [6, 6.07) is 8.08.